The summed E-state index contributed by atoms with van der Waals surface area (Å²) >= 11 is 6.14. The highest BCUT2D eigenvalue weighted by Crippen LogP contribution is 2.29. The molecule has 0 spiro atoms. The molecule has 2 heterocycles. The van der Waals surface area contributed by atoms with Crippen LogP contribution in [0.1, 0.15) is 0 Å². The number of ether oxygens (including phenoxy) is 1. The lowest BCUT2D eigenvalue weighted by Gasteiger charge is -2.36. The van der Waals surface area contributed by atoms with Gasteiger partial charge in [-0.2, -0.15) is 0 Å². The fraction of sp³-hybridized carbons (Fsp3) is 0.412. The fourth-order valence-corrected chi connectivity index (χ4v) is 3.24. The van der Waals surface area contributed by atoms with Gasteiger partial charge in [0.15, 0.2) is 0 Å². The minimum atomic E-state index is -0.833. The van der Waals surface area contributed by atoms with E-state index < -0.39 is 5.97 Å². The first kappa shape index (κ1) is 17.0. The molecule has 6 nitrogen and oxygen atoms in total. The number of benzene rings is 1. The smallest absolute Gasteiger partial charge is 0.317 e. The van der Waals surface area contributed by atoms with Crippen LogP contribution in [0.5, 0.6) is 0 Å². The van der Waals surface area contributed by atoms with Crippen molar-refractivity contribution >= 4 is 34.2 Å². The van der Waals surface area contributed by atoms with E-state index in [1.165, 1.54) is 0 Å². The zero-order chi connectivity index (χ0) is 17.1. The van der Waals surface area contributed by atoms with Crippen molar-refractivity contribution in [3.05, 3.63) is 35.5 Å². The predicted molar refractivity (Wildman–Crippen MR) is 93.8 cm³/mol. The van der Waals surface area contributed by atoms with E-state index in [0.717, 1.165) is 23.1 Å². The van der Waals surface area contributed by atoms with Gasteiger partial charge in [-0.1, -0.05) is 11.6 Å². The number of hydrogen-bond acceptors (Lipinski definition) is 5. The molecule has 24 heavy (non-hydrogen) atoms. The first-order valence-corrected chi connectivity index (χ1v) is 8.22. The molecule has 1 saturated heterocycles. The molecule has 0 radical (unpaired) electrons. The molecule has 1 fully saturated rings. The van der Waals surface area contributed by atoms with E-state index >= 15 is 0 Å². The number of carbonyl (C=O) groups is 1. The van der Waals surface area contributed by atoms with E-state index in [4.69, 9.17) is 21.4 Å². The molecule has 1 unspecified atom stereocenters. The summed E-state index contributed by atoms with van der Waals surface area (Å²) in [6.45, 7) is 2.68. The number of carboxylic acid groups (broad SMARTS) is 1. The summed E-state index contributed by atoms with van der Waals surface area (Å²) in [6, 6.07) is 7.67. The van der Waals surface area contributed by atoms with Crippen LogP contribution in [0.4, 0.5) is 5.69 Å². The summed E-state index contributed by atoms with van der Waals surface area (Å²) in [5.74, 6) is -0.833. The van der Waals surface area contributed by atoms with E-state index in [1.54, 1.807) is 18.1 Å². The Bertz CT molecular complexity index is 740. The lowest BCUT2D eigenvalue weighted by atomic mass is 10.1. The number of pyridine rings is 1. The van der Waals surface area contributed by atoms with E-state index in [2.05, 4.69) is 9.88 Å². The van der Waals surface area contributed by atoms with Crippen LogP contribution in [0.3, 0.4) is 0 Å². The summed E-state index contributed by atoms with van der Waals surface area (Å²) < 4.78 is 5.80. The van der Waals surface area contributed by atoms with Gasteiger partial charge in [0.1, 0.15) is 0 Å². The minimum Gasteiger partial charge on any atom is -0.480 e. The summed E-state index contributed by atoms with van der Waals surface area (Å²) in [4.78, 5) is 19.2. The molecule has 1 aliphatic heterocycles. The van der Waals surface area contributed by atoms with Crippen molar-refractivity contribution in [1.82, 2.24) is 9.88 Å². The number of likely N-dealkylation sites (N-methyl/N-ethyl adjacent to an activating group) is 1. The van der Waals surface area contributed by atoms with Gasteiger partial charge in [0.25, 0.3) is 0 Å². The average molecular weight is 350 g/mol. The number of fused-ring (bicyclic) bond motifs is 1. The number of aliphatic carboxylic acids is 1. The topological polar surface area (TPSA) is 65.9 Å². The molecular weight excluding hydrogens is 330 g/mol. The van der Waals surface area contributed by atoms with Gasteiger partial charge in [0, 0.05) is 41.9 Å². The number of hydrogen-bond donors (Lipinski definition) is 1. The Morgan fingerprint density at radius 2 is 2.33 bits per heavy atom. The number of halogens is 1. The van der Waals surface area contributed by atoms with Gasteiger partial charge in [-0.25, -0.2) is 0 Å². The Kier molecular flexibility index (Phi) is 5.18. The number of carboxylic acids is 1. The van der Waals surface area contributed by atoms with Gasteiger partial charge in [-0.15, -0.1) is 0 Å². The van der Waals surface area contributed by atoms with E-state index in [-0.39, 0.29) is 12.6 Å². The molecule has 128 valence electrons. The normalized spacial score (nSPS) is 18.3. The quantitative estimate of drug-likeness (QED) is 0.891. The second-order valence-corrected chi connectivity index (χ2v) is 6.46. The number of nitrogens with zero attached hydrogens (tertiary/aromatic N) is 3. The molecule has 1 aromatic carbocycles. The molecule has 7 heteroatoms. The molecule has 3 rings (SSSR count). The van der Waals surface area contributed by atoms with Crippen LogP contribution in [0.25, 0.3) is 10.9 Å². The molecule has 0 amide bonds. The molecule has 1 aliphatic rings. The molecule has 2 aromatic rings. The van der Waals surface area contributed by atoms with Crippen molar-refractivity contribution in [2.24, 2.45) is 0 Å². The zero-order valence-electron chi connectivity index (χ0n) is 13.5. The highest BCUT2D eigenvalue weighted by molar-refractivity contribution is 6.31. The highest BCUT2D eigenvalue weighted by atomic mass is 35.5. The number of aromatic nitrogens is 1. The van der Waals surface area contributed by atoms with Crippen LogP contribution >= 0.6 is 11.6 Å². The van der Waals surface area contributed by atoms with Crippen molar-refractivity contribution in [3.8, 4) is 0 Å². The van der Waals surface area contributed by atoms with Crippen LogP contribution < -0.4 is 4.90 Å². The zero-order valence-corrected chi connectivity index (χ0v) is 14.2. The van der Waals surface area contributed by atoms with Crippen molar-refractivity contribution in [2.75, 3.05) is 44.7 Å². The molecule has 0 aliphatic carbocycles. The molecular formula is C17H20ClN3O3. The van der Waals surface area contributed by atoms with E-state index in [0.29, 0.717) is 24.7 Å². The largest absolute Gasteiger partial charge is 0.480 e. The van der Waals surface area contributed by atoms with Crippen molar-refractivity contribution < 1.29 is 14.6 Å². The molecule has 0 saturated carbocycles. The Balaban J connectivity index is 1.77. The number of anilines is 1. The maximum Gasteiger partial charge on any atom is 0.317 e. The fourth-order valence-electron chi connectivity index (χ4n) is 3.07. The second-order valence-electron chi connectivity index (χ2n) is 6.02. The molecule has 0 bridgehead atoms. The van der Waals surface area contributed by atoms with Crippen molar-refractivity contribution in [2.45, 2.75) is 6.10 Å². The number of rotatable bonds is 5. The van der Waals surface area contributed by atoms with Gasteiger partial charge < -0.3 is 14.7 Å². The Hall–Kier alpha value is -1.89. The van der Waals surface area contributed by atoms with Gasteiger partial charge in [0.05, 0.1) is 24.8 Å². The summed E-state index contributed by atoms with van der Waals surface area (Å²) in [7, 11) is 1.79. The molecule has 1 atom stereocenters. The van der Waals surface area contributed by atoms with Crippen LogP contribution in [0.2, 0.25) is 5.02 Å². The van der Waals surface area contributed by atoms with Crippen LogP contribution in [0.15, 0.2) is 30.5 Å². The van der Waals surface area contributed by atoms with Gasteiger partial charge in [-0.3, -0.25) is 14.7 Å². The van der Waals surface area contributed by atoms with E-state index in [1.807, 2.05) is 24.3 Å². The van der Waals surface area contributed by atoms with Gasteiger partial charge in [0.2, 0.25) is 0 Å². The predicted octanol–water partition coefficient (Wildman–Crippen LogP) is 2.11. The summed E-state index contributed by atoms with van der Waals surface area (Å²) in [5, 5.41) is 10.6. The maximum atomic E-state index is 10.8. The highest BCUT2D eigenvalue weighted by Gasteiger charge is 2.23. The second kappa shape index (κ2) is 7.34. The SMILES string of the molecule is CN(CC(=O)O)CC1CN(c2ccnc3ccc(Cl)cc23)CCO1. The van der Waals surface area contributed by atoms with Gasteiger partial charge in [-0.05, 0) is 31.3 Å². The van der Waals surface area contributed by atoms with Crippen molar-refractivity contribution in [3.63, 3.8) is 0 Å². The van der Waals surface area contributed by atoms with Crippen LogP contribution in [-0.4, -0.2) is 66.9 Å². The van der Waals surface area contributed by atoms with Crippen LogP contribution in [-0.2, 0) is 9.53 Å². The standard InChI is InChI=1S/C17H20ClN3O3/c1-20(11-17(22)23)9-13-10-21(6-7-24-13)16-4-5-19-15-3-2-12(18)8-14(15)16/h2-5,8,13H,6-7,9-11H2,1H3,(H,22,23). The average Bonchev–Trinajstić information content (AvgIpc) is 2.53. The monoisotopic (exact) mass is 349 g/mol. The molecule has 1 N–H and O–H groups in total. The lowest BCUT2D eigenvalue weighted by Crippen LogP contribution is -2.47. The molecule has 1 aromatic heterocycles. The summed E-state index contributed by atoms with van der Waals surface area (Å²) in [5.41, 5.74) is 1.99. The first-order valence-electron chi connectivity index (χ1n) is 7.84. The van der Waals surface area contributed by atoms with E-state index in [9.17, 15) is 4.79 Å². The summed E-state index contributed by atoms with van der Waals surface area (Å²) in [6.07, 6.45) is 1.76. The lowest BCUT2D eigenvalue weighted by molar-refractivity contribution is -0.138. The minimum absolute atomic E-state index is 0.00759. The van der Waals surface area contributed by atoms with Crippen molar-refractivity contribution in [1.29, 1.82) is 0 Å². The Morgan fingerprint density at radius 1 is 1.50 bits per heavy atom. The Labute approximate surface area is 145 Å². The Morgan fingerprint density at radius 3 is 3.12 bits per heavy atom. The third kappa shape index (κ3) is 3.95. The maximum absolute atomic E-state index is 10.8. The van der Waals surface area contributed by atoms with Gasteiger partial charge >= 0.3 is 5.97 Å². The third-order valence-electron chi connectivity index (χ3n) is 4.08. The number of morpholine rings is 1. The third-order valence-corrected chi connectivity index (χ3v) is 4.32. The van der Waals surface area contributed by atoms with Crippen LogP contribution in [0, 0.1) is 0 Å². The first-order chi connectivity index (χ1) is 11.5.